The quantitative estimate of drug-likeness (QED) is 0.283. The fourth-order valence-corrected chi connectivity index (χ4v) is 0.925. The number of nitrogens with two attached hydrogens (primary N) is 1. The predicted molar refractivity (Wildman–Crippen MR) is 52.5 cm³/mol. The van der Waals surface area contributed by atoms with Gasteiger partial charge in [-0.05, 0) is 13.0 Å². The molecule has 0 rings (SSSR count). The van der Waals surface area contributed by atoms with Crippen molar-refractivity contribution < 1.29 is 0 Å². The van der Waals surface area contributed by atoms with E-state index in [1.165, 1.54) is 43.4 Å². The van der Waals surface area contributed by atoms with Gasteiger partial charge in [-0.2, -0.15) is 0 Å². The lowest BCUT2D eigenvalue weighted by atomic mass is 10.1. The lowest BCUT2D eigenvalue weighted by Gasteiger charge is -1.96. The van der Waals surface area contributed by atoms with Crippen molar-refractivity contribution in [3.8, 4) is 0 Å². The monoisotopic (exact) mass is 171 g/mol. The van der Waals surface area contributed by atoms with Gasteiger partial charge in [-0.15, -0.1) is 0 Å². The van der Waals surface area contributed by atoms with Crippen LogP contribution in [0.3, 0.4) is 0 Å². The highest BCUT2D eigenvalue weighted by Crippen LogP contribution is 2.03. The molecule has 4 nitrogen and oxygen atoms in total. The summed E-state index contributed by atoms with van der Waals surface area (Å²) < 4.78 is 0. The molecule has 0 heterocycles. The summed E-state index contributed by atoms with van der Waals surface area (Å²) in [5, 5.41) is 0. The zero-order valence-electron chi connectivity index (χ0n) is 7.87. The fraction of sp³-hybridized carbons (Fsp3) is 1.00. The van der Waals surface area contributed by atoms with Crippen LogP contribution in [-0.4, -0.2) is 6.54 Å². The van der Waals surface area contributed by atoms with Crippen LogP contribution in [0.15, 0.2) is 0 Å². The summed E-state index contributed by atoms with van der Waals surface area (Å²) in [6, 6.07) is 0. The number of hydrogen-bond donors (Lipinski definition) is 1. The van der Waals surface area contributed by atoms with E-state index in [9.17, 15) is 0 Å². The number of rotatable bonds is 6. The standard InChI is InChI=1S/C8H19N.N3/c1-2-3-4-5-6-7-8-9;1-3-2/h2-9H2,1H3;/q;-1. The second-order valence-corrected chi connectivity index (χ2v) is 2.65. The molecular weight excluding hydrogens is 152 g/mol. The molecule has 0 aliphatic carbocycles. The maximum absolute atomic E-state index is 6.75. The van der Waals surface area contributed by atoms with Gasteiger partial charge < -0.3 is 16.8 Å². The van der Waals surface area contributed by atoms with E-state index in [0.717, 1.165) is 6.54 Å². The summed E-state index contributed by atoms with van der Waals surface area (Å²) in [6.45, 7) is 3.11. The van der Waals surface area contributed by atoms with E-state index in [4.69, 9.17) is 16.8 Å². The molecule has 0 radical (unpaired) electrons. The Balaban J connectivity index is 0. The second kappa shape index (κ2) is 16.7. The van der Waals surface area contributed by atoms with Gasteiger partial charge in [0, 0.05) is 0 Å². The predicted octanol–water partition coefficient (Wildman–Crippen LogP) is 3.17. The smallest absolute Gasteiger partial charge is 0.00773 e. The summed E-state index contributed by atoms with van der Waals surface area (Å²) in [7, 11) is 0. The van der Waals surface area contributed by atoms with Crippen LogP contribution in [0.25, 0.3) is 16.0 Å². The third kappa shape index (κ3) is 22.8. The molecule has 0 fully saturated rings. The third-order valence-corrected chi connectivity index (χ3v) is 1.56. The first kappa shape index (κ1) is 13.8. The van der Waals surface area contributed by atoms with Gasteiger partial charge in [-0.1, -0.05) is 39.0 Å². The maximum atomic E-state index is 6.75. The zero-order chi connectivity index (χ0) is 9.66. The van der Waals surface area contributed by atoms with Gasteiger partial charge in [-0.3, -0.25) is 4.91 Å². The molecule has 0 aliphatic heterocycles. The zero-order valence-corrected chi connectivity index (χ0v) is 7.87. The largest absolute Gasteiger partial charge is 0.373 e. The molecular formula is C8H19N4-. The van der Waals surface area contributed by atoms with Gasteiger partial charge in [-0.25, -0.2) is 0 Å². The Bertz CT molecular complexity index is 91.2. The summed E-state index contributed by atoms with van der Waals surface area (Å²) in [4.78, 5) is 1.50. The lowest BCUT2D eigenvalue weighted by Crippen LogP contribution is -1.97. The fourth-order valence-electron chi connectivity index (χ4n) is 0.925. The molecule has 0 saturated carbocycles. The Morgan fingerprint density at radius 3 is 1.83 bits per heavy atom. The van der Waals surface area contributed by atoms with Crippen molar-refractivity contribution in [3.63, 3.8) is 0 Å². The van der Waals surface area contributed by atoms with Crippen molar-refractivity contribution in [2.45, 2.75) is 45.4 Å². The van der Waals surface area contributed by atoms with Crippen LogP contribution >= 0.6 is 0 Å². The van der Waals surface area contributed by atoms with E-state index in [0.29, 0.717) is 0 Å². The number of hydrogen-bond acceptors (Lipinski definition) is 1. The number of unbranched alkanes of at least 4 members (excludes halogenated alkanes) is 5. The van der Waals surface area contributed by atoms with E-state index in [2.05, 4.69) is 6.92 Å². The first-order chi connectivity index (χ1) is 5.83. The molecule has 0 aliphatic rings. The number of nitrogens with zero attached hydrogens (tertiary/aromatic N) is 3. The molecule has 0 atom stereocenters. The van der Waals surface area contributed by atoms with Crippen molar-refractivity contribution >= 4 is 0 Å². The lowest BCUT2D eigenvalue weighted by molar-refractivity contribution is 0.612. The van der Waals surface area contributed by atoms with Gasteiger partial charge >= 0.3 is 0 Å². The van der Waals surface area contributed by atoms with Crippen LogP contribution in [0.5, 0.6) is 0 Å². The highest BCUT2D eigenvalue weighted by molar-refractivity contribution is 4.43. The first-order valence-corrected chi connectivity index (χ1v) is 4.52. The van der Waals surface area contributed by atoms with E-state index >= 15 is 0 Å². The van der Waals surface area contributed by atoms with E-state index in [1.807, 2.05) is 0 Å². The van der Waals surface area contributed by atoms with Crippen molar-refractivity contribution in [1.82, 2.24) is 0 Å². The average molecular weight is 171 g/mol. The van der Waals surface area contributed by atoms with Crippen LogP contribution in [0.2, 0.25) is 0 Å². The molecule has 2 N–H and O–H groups in total. The third-order valence-electron chi connectivity index (χ3n) is 1.56. The van der Waals surface area contributed by atoms with Crippen molar-refractivity contribution in [1.29, 1.82) is 0 Å². The minimum atomic E-state index is 0.867. The molecule has 0 spiro atoms. The Labute approximate surface area is 74.6 Å². The maximum Gasteiger partial charge on any atom is -0.00773 e. The van der Waals surface area contributed by atoms with E-state index in [-0.39, 0.29) is 0 Å². The SMILES string of the molecule is CCCCCCCCN.[N-]=[N+]=[N-]. The molecule has 0 saturated heterocycles. The minimum absolute atomic E-state index is 0.867. The topological polar surface area (TPSA) is 84.7 Å². The summed E-state index contributed by atoms with van der Waals surface area (Å²) in [5.74, 6) is 0. The average Bonchev–Trinajstić information content (AvgIpc) is 2.06. The van der Waals surface area contributed by atoms with Gasteiger partial charge in [0.25, 0.3) is 0 Å². The molecule has 0 unspecified atom stereocenters. The van der Waals surface area contributed by atoms with Crippen molar-refractivity contribution in [3.05, 3.63) is 16.0 Å². The highest BCUT2D eigenvalue weighted by Gasteiger charge is 1.85. The molecule has 72 valence electrons. The summed E-state index contributed by atoms with van der Waals surface area (Å²) >= 11 is 0. The molecule has 0 aromatic rings. The molecule has 0 bridgehead atoms. The Kier molecular flexibility index (Phi) is 19.2. The Morgan fingerprint density at radius 2 is 1.42 bits per heavy atom. The van der Waals surface area contributed by atoms with Crippen LogP contribution in [-0.2, 0) is 0 Å². The Hall–Kier alpha value is -0.730. The van der Waals surface area contributed by atoms with Gasteiger partial charge in [0.2, 0.25) is 0 Å². The van der Waals surface area contributed by atoms with Gasteiger partial charge in [0.05, 0.1) is 0 Å². The first-order valence-electron chi connectivity index (χ1n) is 4.52. The molecule has 0 amide bonds. The summed E-state index contributed by atoms with van der Waals surface area (Å²) in [6.07, 6.45) is 8.05. The van der Waals surface area contributed by atoms with Crippen LogP contribution in [0.4, 0.5) is 0 Å². The van der Waals surface area contributed by atoms with E-state index < -0.39 is 0 Å². The summed E-state index contributed by atoms with van der Waals surface area (Å²) in [5.41, 5.74) is 18.8. The molecule has 12 heavy (non-hydrogen) atoms. The Morgan fingerprint density at radius 1 is 1.00 bits per heavy atom. The van der Waals surface area contributed by atoms with Gasteiger partial charge in [0.1, 0.15) is 0 Å². The van der Waals surface area contributed by atoms with Crippen LogP contribution < -0.4 is 5.73 Å². The van der Waals surface area contributed by atoms with Crippen molar-refractivity contribution in [2.24, 2.45) is 5.73 Å². The highest BCUT2D eigenvalue weighted by atomic mass is 15.0. The minimum Gasteiger partial charge on any atom is -0.373 e. The normalized spacial score (nSPS) is 8.17. The molecule has 4 heteroatoms. The van der Waals surface area contributed by atoms with Gasteiger partial charge in [0.15, 0.2) is 0 Å². The van der Waals surface area contributed by atoms with E-state index in [1.54, 1.807) is 0 Å². The molecule has 0 aromatic carbocycles. The van der Waals surface area contributed by atoms with Crippen LogP contribution in [0.1, 0.15) is 45.4 Å². The molecule has 0 aromatic heterocycles. The van der Waals surface area contributed by atoms with Crippen molar-refractivity contribution in [2.75, 3.05) is 6.54 Å². The second-order valence-electron chi connectivity index (χ2n) is 2.65. The van der Waals surface area contributed by atoms with Crippen LogP contribution in [0, 0.1) is 0 Å².